The van der Waals surface area contributed by atoms with Crippen molar-refractivity contribution in [1.29, 1.82) is 0 Å². The molecule has 5 nitrogen and oxygen atoms in total. The van der Waals surface area contributed by atoms with Crippen molar-refractivity contribution in [3.63, 3.8) is 0 Å². The Morgan fingerprint density at radius 2 is 2.21 bits per heavy atom. The van der Waals surface area contributed by atoms with Gasteiger partial charge in [0.15, 0.2) is 0 Å². The zero-order valence-corrected chi connectivity index (χ0v) is 11.0. The lowest BCUT2D eigenvalue weighted by Crippen LogP contribution is -2.33. The maximum atomic E-state index is 9.74. The van der Waals surface area contributed by atoms with E-state index in [-0.39, 0.29) is 0 Å². The summed E-state index contributed by atoms with van der Waals surface area (Å²) in [4.78, 5) is 11.0. The molecule has 100 valence electrons. The first-order chi connectivity index (χ1) is 9.28. The monoisotopic (exact) mass is 258 g/mol. The van der Waals surface area contributed by atoms with Crippen molar-refractivity contribution < 1.29 is 5.11 Å². The summed E-state index contributed by atoms with van der Waals surface area (Å²) < 4.78 is 2.18. The van der Waals surface area contributed by atoms with Gasteiger partial charge >= 0.3 is 0 Å². The molecule has 0 bridgehead atoms. The Labute approximate surface area is 112 Å². The van der Waals surface area contributed by atoms with E-state index in [2.05, 4.69) is 19.4 Å². The molecule has 3 rings (SSSR count). The van der Waals surface area contributed by atoms with Gasteiger partial charge in [-0.15, -0.1) is 0 Å². The van der Waals surface area contributed by atoms with Crippen LogP contribution in [0.3, 0.4) is 0 Å². The molecule has 1 aliphatic rings. The van der Waals surface area contributed by atoms with Gasteiger partial charge in [0, 0.05) is 25.5 Å². The molecule has 19 heavy (non-hydrogen) atoms. The summed E-state index contributed by atoms with van der Waals surface area (Å²) in [5.74, 6) is 1.09. The van der Waals surface area contributed by atoms with Crippen LogP contribution in [0.2, 0.25) is 0 Å². The second kappa shape index (κ2) is 5.01. The number of fused-ring (bicyclic) bond motifs is 1. The number of anilines is 1. The normalized spacial score (nSPS) is 16.2. The van der Waals surface area contributed by atoms with E-state index in [1.165, 1.54) is 0 Å². The van der Waals surface area contributed by atoms with E-state index in [0.717, 1.165) is 36.8 Å². The molecule has 0 amide bonds. The van der Waals surface area contributed by atoms with Crippen LogP contribution in [0.25, 0.3) is 0 Å². The van der Waals surface area contributed by atoms with Crippen LogP contribution in [0.1, 0.15) is 31.0 Å². The predicted octanol–water partition coefficient (Wildman–Crippen LogP) is 1.74. The van der Waals surface area contributed by atoms with Crippen LogP contribution in [0.15, 0.2) is 30.7 Å². The van der Waals surface area contributed by atoms with Crippen molar-refractivity contribution in [2.24, 2.45) is 0 Å². The molecule has 0 aromatic carbocycles. The van der Waals surface area contributed by atoms with Crippen molar-refractivity contribution in [2.75, 3.05) is 11.4 Å². The summed E-state index contributed by atoms with van der Waals surface area (Å²) in [6.07, 6.45) is 5.93. The highest BCUT2D eigenvalue weighted by molar-refractivity contribution is 5.45. The van der Waals surface area contributed by atoms with Crippen LogP contribution in [0.5, 0.6) is 0 Å². The molecule has 5 heteroatoms. The Balaban J connectivity index is 1.77. The van der Waals surface area contributed by atoms with E-state index >= 15 is 0 Å². The lowest BCUT2D eigenvalue weighted by atomic mass is 10.2. The molecule has 3 heterocycles. The summed E-state index contributed by atoms with van der Waals surface area (Å²) in [5, 5.41) is 9.74. The molecule has 0 fully saturated rings. The van der Waals surface area contributed by atoms with E-state index in [1.54, 1.807) is 0 Å². The zero-order valence-electron chi connectivity index (χ0n) is 11.0. The summed E-state index contributed by atoms with van der Waals surface area (Å²) >= 11 is 0. The molecular formula is C14H18N4O. The third-order valence-corrected chi connectivity index (χ3v) is 3.61. The summed E-state index contributed by atoms with van der Waals surface area (Å²) in [6.45, 7) is 4.67. The minimum absolute atomic E-state index is 0.464. The summed E-state index contributed by atoms with van der Waals surface area (Å²) in [7, 11) is 0. The van der Waals surface area contributed by atoms with Crippen molar-refractivity contribution in [1.82, 2.24) is 14.5 Å². The smallest absolute Gasteiger partial charge is 0.128 e. The minimum Gasteiger partial charge on any atom is -0.387 e. The van der Waals surface area contributed by atoms with E-state index in [9.17, 15) is 5.11 Å². The molecule has 1 N–H and O–H groups in total. The average Bonchev–Trinajstić information content (AvgIpc) is 2.94. The van der Waals surface area contributed by atoms with Gasteiger partial charge in [-0.1, -0.05) is 6.92 Å². The molecule has 0 aliphatic carbocycles. The molecule has 1 aliphatic heterocycles. The SMILES string of the molecule is CC[C@H](O)c1ccc(N2CCn3ccnc3C2)cn1. The first-order valence-electron chi connectivity index (χ1n) is 6.67. The number of nitrogens with zero attached hydrogens (tertiary/aromatic N) is 4. The van der Waals surface area contributed by atoms with Gasteiger partial charge in [0.05, 0.1) is 30.2 Å². The number of aliphatic hydroxyl groups excluding tert-OH is 1. The number of hydrogen-bond donors (Lipinski definition) is 1. The highest BCUT2D eigenvalue weighted by Crippen LogP contribution is 2.21. The zero-order chi connectivity index (χ0) is 13.2. The number of aromatic nitrogens is 3. The molecule has 0 radical (unpaired) electrons. The predicted molar refractivity (Wildman–Crippen MR) is 72.8 cm³/mol. The summed E-state index contributed by atoms with van der Waals surface area (Å²) in [6, 6.07) is 3.93. The summed E-state index contributed by atoms with van der Waals surface area (Å²) in [5.41, 5.74) is 1.83. The number of aliphatic hydroxyl groups is 1. The van der Waals surface area contributed by atoms with Crippen molar-refractivity contribution in [3.8, 4) is 0 Å². The van der Waals surface area contributed by atoms with Crippen LogP contribution in [0, 0.1) is 0 Å². The molecular weight excluding hydrogens is 240 g/mol. The maximum Gasteiger partial charge on any atom is 0.128 e. The van der Waals surface area contributed by atoms with E-state index < -0.39 is 6.10 Å². The first kappa shape index (κ1) is 12.2. The molecule has 2 aromatic heterocycles. The molecule has 0 saturated heterocycles. The molecule has 0 saturated carbocycles. The first-order valence-corrected chi connectivity index (χ1v) is 6.67. The number of rotatable bonds is 3. The van der Waals surface area contributed by atoms with E-state index in [1.807, 2.05) is 37.6 Å². The largest absolute Gasteiger partial charge is 0.387 e. The van der Waals surface area contributed by atoms with Gasteiger partial charge in [0.1, 0.15) is 5.82 Å². The Morgan fingerprint density at radius 1 is 1.32 bits per heavy atom. The second-order valence-electron chi connectivity index (χ2n) is 4.82. The van der Waals surface area contributed by atoms with Crippen LogP contribution < -0.4 is 4.90 Å². The average molecular weight is 258 g/mol. The highest BCUT2D eigenvalue weighted by Gasteiger charge is 2.17. The maximum absolute atomic E-state index is 9.74. The molecule has 1 atom stereocenters. The Kier molecular flexibility index (Phi) is 3.21. The highest BCUT2D eigenvalue weighted by atomic mass is 16.3. The number of pyridine rings is 1. The van der Waals surface area contributed by atoms with Gasteiger partial charge in [-0.3, -0.25) is 4.98 Å². The Hall–Kier alpha value is -1.88. The van der Waals surface area contributed by atoms with Crippen molar-refractivity contribution in [2.45, 2.75) is 32.5 Å². The van der Waals surface area contributed by atoms with E-state index in [0.29, 0.717) is 6.42 Å². The van der Waals surface area contributed by atoms with Crippen molar-refractivity contribution in [3.05, 3.63) is 42.2 Å². The quantitative estimate of drug-likeness (QED) is 0.911. The fraction of sp³-hybridized carbons (Fsp3) is 0.429. The van der Waals surface area contributed by atoms with Gasteiger partial charge in [-0.25, -0.2) is 4.98 Å². The molecule has 0 spiro atoms. The van der Waals surface area contributed by atoms with Crippen LogP contribution in [-0.4, -0.2) is 26.2 Å². The minimum atomic E-state index is -0.464. The third kappa shape index (κ3) is 2.33. The molecule has 2 aromatic rings. The van der Waals surface area contributed by atoms with Gasteiger partial charge in [0.25, 0.3) is 0 Å². The van der Waals surface area contributed by atoms with E-state index in [4.69, 9.17) is 0 Å². The Morgan fingerprint density at radius 3 is 2.95 bits per heavy atom. The van der Waals surface area contributed by atoms with Crippen LogP contribution in [-0.2, 0) is 13.1 Å². The Bertz CT molecular complexity index is 549. The lowest BCUT2D eigenvalue weighted by molar-refractivity contribution is 0.169. The topological polar surface area (TPSA) is 54.2 Å². The fourth-order valence-electron chi connectivity index (χ4n) is 2.38. The van der Waals surface area contributed by atoms with Crippen LogP contribution >= 0.6 is 0 Å². The van der Waals surface area contributed by atoms with Gasteiger partial charge in [-0.05, 0) is 18.6 Å². The van der Waals surface area contributed by atoms with Gasteiger partial charge < -0.3 is 14.6 Å². The standard InChI is InChI=1S/C14H18N4O/c1-2-13(19)12-4-3-11(9-16-12)18-8-7-17-6-5-15-14(17)10-18/h3-6,9,13,19H,2,7-8,10H2,1H3/t13-/m0/s1. The van der Waals surface area contributed by atoms with Crippen LogP contribution in [0.4, 0.5) is 5.69 Å². The molecule has 0 unspecified atom stereocenters. The second-order valence-corrected chi connectivity index (χ2v) is 4.82. The fourth-order valence-corrected chi connectivity index (χ4v) is 2.38. The third-order valence-electron chi connectivity index (χ3n) is 3.61. The number of imidazole rings is 1. The van der Waals surface area contributed by atoms with Gasteiger partial charge in [-0.2, -0.15) is 0 Å². The number of hydrogen-bond acceptors (Lipinski definition) is 4. The van der Waals surface area contributed by atoms with Gasteiger partial charge in [0.2, 0.25) is 0 Å². The lowest BCUT2D eigenvalue weighted by Gasteiger charge is -2.29. The van der Waals surface area contributed by atoms with Crippen molar-refractivity contribution >= 4 is 5.69 Å².